The van der Waals surface area contributed by atoms with Gasteiger partial charge in [-0.25, -0.2) is 0 Å². The summed E-state index contributed by atoms with van der Waals surface area (Å²) in [6, 6.07) is 14.8. The molecule has 3 aromatic rings. The maximum Gasteiger partial charge on any atom is 0.306 e. The second-order valence-electron chi connectivity index (χ2n) is 23.2. The van der Waals surface area contributed by atoms with Crippen molar-refractivity contribution in [2.45, 2.75) is 130 Å². The molecule has 0 spiro atoms. The molecule has 2 aromatic carbocycles. The summed E-state index contributed by atoms with van der Waals surface area (Å²) >= 11 is 0. The van der Waals surface area contributed by atoms with Crippen molar-refractivity contribution in [1.82, 2.24) is 0 Å². The first kappa shape index (κ1) is 60.2. The fourth-order valence-electron chi connectivity index (χ4n) is 11.7. The number of aliphatic carboxylic acids is 1. The van der Waals surface area contributed by atoms with E-state index in [4.69, 9.17) is 4.42 Å². The van der Waals surface area contributed by atoms with Gasteiger partial charge in [0, 0.05) is 110 Å². The summed E-state index contributed by atoms with van der Waals surface area (Å²) < 4.78 is 6.07. The van der Waals surface area contributed by atoms with Crippen LogP contribution >= 0.6 is 0 Å². The van der Waals surface area contributed by atoms with Crippen molar-refractivity contribution >= 4 is 74.7 Å². The van der Waals surface area contributed by atoms with Crippen LogP contribution < -0.4 is 0 Å². The molecule has 5 aliphatic carbocycles. The van der Waals surface area contributed by atoms with Gasteiger partial charge in [0.1, 0.15) is 34.7 Å². The predicted molar refractivity (Wildman–Crippen MR) is 312 cm³/mol. The van der Waals surface area contributed by atoms with E-state index in [-0.39, 0.29) is 153 Å². The van der Waals surface area contributed by atoms with Crippen molar-refractivity contribution in [3.05, 3.63) is 160 Å². The Hall–Kier alpha value is -7.90. The summed E-state index contributed by atoms with van der Waals surface area (Å²) in [5, 5.41) is 20.0. The number of carbonyl (C=O) groups excluding carboxylic acids is 9. The van der Waals surface area contributed by atoms with Gasteiger partial charge < -0.3 is 19.4 Å². The summed E-state index contributed by atoms with van der Waals surface area (Å²) in [6.45, 7) is 10.3. The van der Waals surface area contributed by atoms with Crippen LogP contribution in [-0.2, 0) is 49.6 Å². The van der Waals surface area contributed by atoms with Gasteiger partial charge in [-0.3, -0.25) is 43.2 Å². The Morgan fingerprint density at radius 3 is 2.21 bits per heavy atom. The molecule has 5 aliphatic rings. The van der Waals surface area contributed by atoms with E-state index in [0.29, 0.717) is 64.7 Å². The standard InChI is InChI=1S/C69H72O13/c1-39-24-63(75)52-19-15-47(30-52)55(37-70)32-57(72)21-23-61(73)54(31-49-16-12-44-8-6-7-9-58(44)49)35-67(79)59-22-20-48(46-14-18-51(29-46)65(77)27-42(4)69(80)81)33-60(59)56-36-68(82-38-56)41(3)26-62(74)40(2)25-64(76)53(11-10-43(5)71)34-66(78)50-17-13-45(39)28-50/h6-9,13,16-20,22,29-30,33,36,38-40,42,53-55,70H,3,10-12,14-15,21,23-28,31-32,34-35,37H2,1-2,4-5H3,(H,80,81). The van der Waals surface area contributed by atoms with Crippen LogP contribution in [0.3, 0.4) is 0 Å². The topological polar surface area (TPSA) is 224 Å². The number of Topliss-reactive ketones (excluding diaryl/α,β-unsaturated/α-hetero) is 9. The van der Waals surface area contributed by atoms with E-state index in [0.717, 1.165) is 33.4 Å². The highest BCUT2D eigenvalue weighted by Crippen LogP contribution is 2.40. The van der Waals surface area contributed by atoms with Crippen LogP contribution in [0.5, 0.6) is 0 Å². The number of fused-ring (bicyclic) bond motifs is 8. The number of allylic oxidation sites excluding steroid dienone is 14. The Kier molecular flexibility index (Phi) is 19.7. The number of furan rings is 1. The summed E-state index contributed by atoms with van der Waals surface area (Å²) in [6.07, 6.45) is 15.2. The van der Waals surface area contributed by atoms with Crippen LogP contribution in [0.4, 0.5) is 0 Å². The smallest absolute Gasteiger partial charge is 0.306 e. The van der Waals surface area contributed by atoms with E-state index < -0.39 is 35.6 Å². The largest absolute Gasteiger partial charge is 0.481 e. The molecule has 0 saturated heterocycles. The predicted octanol–water partition coefficient (Wildman–Crippen LogP) is 12.1. The third-order valence-electron chi connectivity index (χ3n) is 17.0. The number of benzene rings is 2. The van der Waals surface area contributed by atoms with Crippen molar-refractivity contribution in [3.63, 3.8) is 0 Å². The fourth-order valence-corrected chi connectivity index (χ4v) is 11.7. The Labute approximate surface area is 478 Å². The molecule has 426 valence electrons. The van der Waals surface area contributed by atoms with Crippen LogP contribution in [0, 0.1) is 35.5 Å². The first-order chi connectivity index (χ1) is 39.1. The molecule has 1 heterocycles. The number of carboxylic acids is 1. The second-order valence-corrected chi connectivity index (χ2v) is 23.2. The number of aliphatic hydroxyl groups excluding tert-OH is 1. The number of ketones is 9. The first-order valence-electron chi connectivity index (χ1n) is 28.6. The van der Waals surface area contributed by atoms with Crippen LogP contribution in [-0.4, -0.2) is 74.8 Å². The minimum Gasteiger partial charge on any atom is -0.481 e. The normalized spacial score (nSPS) is 23.1. The number of aliphatic hydroxyl groups is 1. The van der Waals surface area contributed by atoms with Gasteiger partial charge in [0.15, 0.2) is 23.1 Å². The number of carbonyl (C=O) groups is 10. The third kappa shape index (κ3) is 14.8. The molecule has 13 heteroatoms. The van der Waals surface area contributed by atoms with E-state index in [9.17, 15) is 53.4 Å². The third-order valence-corrected chi connectivity index (χ3v) is 17.0. The van der Waals surface area contributed by atoms with Crippen LogP contribution in [0.25, 0.3) is 27.8 Å². The molecule has 0 fully saturated rings. The van der Waals surface area contributed by atoms with Gasteiger partial charge in [0.05, 0.1) is 18.8 Å². The van der Waals surface area contributed by atoms with E-state index in [1.165, 1.54) is 20.1 Å². The van der Waals surface area contributed by atoms with E-state index in [1.807, 2.05) is 37.3 Å². The maximum atomic E-state index is 15.0. The quantitative estimate of drug-likeness (QED) is 0.182. The Balaban J connectivity index is 1.11. The van der Waals surface area contributed by atoms with Gasteiger partial charge >= 0.3 is 5.97 Å². The lowest BCUT2D eigenvalue weighted by atomic mass is 9.83. The fraction of sp³-hybridized carbons (Fsp3) is 0.391. The van der Waals surface area contributed by atoms with Crippen LogP contribution in [0.1, 0.15) is 157 Å². The van der Waals surface area contributed by atoms with Crippen molar-refractivity contribution in [2.24, 2.45) is 35.5 Å². The SMILES string of the molecule is C=C1CC(=O)C(C)CC(=O)C(CCC(C)=O)CC(=O)C2=CC=C(C2)C(C)CC(=O)C2=CCC(=C2)C(CO)CC(=O)CCC(=O)C(CC2=CCc3ccccc32)CC(=O)c2ccc(C3=CC(C(=O)CC(C)C(=O)O)=CC3)cc2-c2coc1c2. The zero-order valence-corrected chi connectivity index (χ0v) is 47.3. The van der Waals surface area contributed by atoms with Gasteiger partial charge in [-0.1, -0.05) is 111 Å². The second kappa shape index (κ2) is 26.8. The van der Waals surface area contributed by atoms with Crippen molar-refractivity contribution in [2.75, 3.05) is 6.61 Å². The molecule has 8 rings (SSSR count). The summed E-state index contributed by atoms with van der Waals surface area (Å²) in [5.74, 6) is -7.26. The van der Waals surface area contributed by atoms with Gasteiger partial charge in [0.2, 0.25) is 0 Å². The molecule has 6 bridgehead atoms. The minimum atomic E-state index is -1.08. The molecule has 0 amide bonds. The Morgan fingerprint density at radius 1 is 0.683 bits per heavy atom. The molecule has 0 radical (unpaired) electrons. The van der Waals surface area contributed by atoms with Crippen molar-refractivity contribution in [1.29, 1.82) is 0 Å². The van der Waals surface area contributed by atoms with Gasteiger partial charge in [0.25, 0.3) is 0 Å². The molecular formula is C69H72O13. The molecule has 1 aromatic heterocycles. The highest BCUT2D eigenvalue weighted by Gasteiger charge is 2.33. The molecule has 0 saturated carbocycles. The average Bonchev–Trinajstić information content (AvgIpc) is 4.48. The lowest BCUT2D eigenvalue weighted by molar-refractivity contribution is -0.142. The van der Waals surface area contributed by atoms with Crippen LogP contribution in [0.15, 0.2) is 136 Å². The van der Waals surface area contributed by atoms with Crippen molar-refractivity contribution < 1.29 is 62.6 Å². The first-order valence-corrected chi connectivity index (χ1v) is 28.6. The lowest BCUT2D eigenvalue weighted by Gasteiger charge is -2.19. The van der Waals surface area contributed by atoms with Gasteiger partial charge in [-0.15, -0.1) is 0 Å². The van der Waals surface area contributed by atoms with E-state index >= 15 is 4.79 Å². The van der Waals surface area contributed by atoms with Crippen LogP contribution in [0.2, 0.25) is 0 Å². The number of rotatable bonds is 11. The molecule has 2 N–H and O–H groups in total. The lowest BCUT2D eigenvalue weighted by Crippen LogP contribution is -2.24. The van der Waals surface area contributed by atoms with Gasteiger partial charge in [-0.2, -0.15) is 0 Å². The molecule has 6 atom stereocenters. The Morgan fingerprint density at radius 2 is 1.45 bits per heavy atom. The highest BCUT2D eigenvalue weighted by atomic mass is 16.4. The maximum absolute atomic E-state index is 15.0. The average molecular weight is 1110 g/mol. The van der Waals surface area contributed by atoms with Crippen molar-refractivity contribution in [3.8, 4) is 11.1 Å². The molecule has 82 heavy (non-hydrogen) atoms. The molecule has 0 aliphatic heterocycles. The molecule has 6 unspecified atom stereocenters. The summed E-state index contributed by atoms with van der Waals surface area (Å²) in [4.78, 5) is 136. The van der Waals surface area contributed by atoms with E-state index in [2.05, 4.69) is 12.7 Å². The zero-order chi connectivity index (χ0) is 58.9. The monoisotopic (exact) mass is 1110 g/mol. The number of hydrogen-bond acceptors (Lipinski definition) is 12. The number of carboxylic acid groups (broad SMARTS) is 1. The molecule has 13 nitrogen and oxygen atoms in total. The number of hydrogen-bond donors (Lipinski definition) is 2. The minimum absolute atomic E-state index is 0.0505. The van der Waals surface area contributed by atoms with Gasteiger partial charge in [-0.05, 0) is 114 Å². The summed E-state index contributed by atoms with van der Waals surface area (Å²) in [7, 11) is 0. The molecular weight excluding hydrogens is 1040 g/mol. The zero-order valence-electron chi connectivity index (χ0n) is 47.3. The highest BCUT2D eigenvalue weighted by molar-refractivity contribution is 6.07. The van der Waals surface area contributed by atoms with E-state index in [1.54, 1.807) is 61.6 Å². The summed E-state index contributed by atoms with van der Waals surface area (Å²) in [5.41, 5.74) is 8.84. The Bertz CT molecular complexity index is 3390.